The lowest BCUT2D eigenvalue weighted by Gasteiger charge is -2.14. The van der Waals surface area contributed by atoms with Crippen molar-refractivity contribution < 1.29 is 0 Å². The van der Waals surface area contributed by atoms with Gasteiger partial charge >= 0.3 is 0 Å². The normalized spacial score (nSPS) is 12.2. The maximum Gasteiger partial charge on any atom is 0.103 e. The quantitative estimate of drug-likeness (QED) is 0.714. The van der Waals surface area contributed by atoms with Gasteiger partial charge in [0.1, 0.15) is 5.82 Å². The molecule has 1 aliphatic carbocycles. The van der Waals surface area contributed by atoms with Gasteiger partial charge in [-0.3, -0.25) is 0 Å². The molecule has 1 heterocycles. The lowest BCUT2D eigenvalue weighted by Crippen LogP contribution is -2.02. The zero-order valence-corrected chi connectivity index (χ0v) is 10.2. The third-order valence-corrected chi connectivity index (χ3v) is 2.81. The van der Waals surface area contributed by atoms with E-state index in [1.807, 2.05) is 20.8 Å². The molecule has 1 N–H and O–H groups in total. The molecule has 0 atom stereocenters. The highest BCUT2D eigenvalue weighted by Gasteiger charge is 2.18. The number of hydrogen-bond donors (Lipinski definition) is 1. The van der Waals surface area contributed by atoms with Gasteiger partial charge < -0.3 is 4.98 Å². The van der Waals surface area contributed by atoms with Crippen LogP contribution in [0.5, 0.6) is 0 Å². The first kappa shape index (κ1) is 10.9. The van der Waals surface area contributed by atoms with Gasteiger partial charge in [-0.05, 0) is 25.3 Å². The summed E-state index contributed by atoms with van der Waals surface area (Å²) in [5.74, 6) is 1.02. The van der Waals surface area contributed by atoms with Crippen LogP contribution in [0.2, 0.25) is 0 Å². The molecule has 2 nitrogen and oxygen atoms in total. The molecule has 0 unspecified atom stereocenters. The number of nitrogens with one attached hydrogen (secondary N) is 1. The average Bonchev–Trinajstić information content (AvgIpc) is 2.72. The molecule has 0 saturated heterocycles. The largest absolute Gasteiger partial charge is 0.346 e. The SMILES string of the molecule is CC.Cc1nc2c([nH]1)CCc1ccccc1-2. The van der Waals surface area contributed by atoms with Crippen LogP contribution in [0.1, 0.15) is 30.9 Å². The van der Waals surface area contributed by atoms with E-state index in [4.69, 9.17) is 0 Å². The summed E-state index contributed by atoms with van der Waals surface area (Å²) in [4.78, 5) is 7.86. The molecule has 1 aromatic heterocycles. The minimum atomic E-state index is 1.02. The summed E-state index contributed by atoms with van der Waals surface area (Å²) < 4.78 is 0. The maximum atomic E-state index is 4.54. The van der Waals surface area contributed by atoms with Crippen LogP contribution in [0, 0.1) is 6.92 Å². The van der Waals surface area contributed by atoms with E-state index in [9.17, 15) is 0 Å². The Morgan fingerprint density at radius 2 is 1.88 bits per heavy atom. The Kier molecular flexibility index (Phi) is 3.09. The smallest absolute Gasteiger partial charge is 0.103 e. The van der Waals surface area contributed by atoms with Gasteiger partial charge in [-0.2, -0.15) is 0 Å². The molecule has 3 rings (SSSR count). The highest BCUT2D eigenvalue weighted by atomic mass is 14.9. The Labute approximate surface area is 96.7 Å². The molecular weight excluding hydrogens is 196 g/mol. The first-order chi connectivity index (χ1) is 7.84. The Bertz CT molecular complexity index is 483. The first-order valence-corrected chi connectivity index (χ1v) is 5.98. The maximum absolute atomic E-state index is 4.54. The van der Waals surface area contributed by atoms with Crippen molar-refractivity contribution >= 4 is 0 Å². The number of aromatic nitrogens is 2. The fourth-order valence-corrected chi connectivity index (χ4v) is 2.17. The predicted molar refractivity (Wildman–Crippen MR) is 67.5 cm³/mol. The molecule has 0 aliphatic heterocycles. The summed E-state index contributed by atoms with van der Waals surface area (Å²) in [5, 5.41) is 0. The van der Waals surface area contributed by atoms with Crippen molar-refractivity contribution in [1.82, 2.24) is 9.97 Å². The number of hydrogen-bond acceptors (Lipinski definition) is 1. The second-order valence-corrected chi connectivity index (χ2v) is 3.81. The highest BCUT2D eigenvalue weighted by molar-refractivity contribution is 5.68. The number of aromatic amines is 1. The zero-order valence-electron chi connectivity index (χ0n) is 10.2. The van der Waals surface area contributed by atoms with Crippen LogP contribution in [0.4, 0.5) is 0 Å². The van der Waals surface area contributed by atoms with E-state index < -0.39 is 0 Å². The van der Waals surface area contributed by atoms with E-state index in [0.717, 1.165) is 24.4 Å². The van der Waals surface area contributed by atoms with Gasteiger partial charge in [-0.1, -0.05) is 38.1 Å². The molecule has 84 valence electrons. The topological polar surface area (TPSA) is 28.7 Å². The van der Waals surface area contributed by atoms with E-state index in [2.05, 4.69) is 34.2 Å². The minimum Gasteiger partial charge on any atom is -0.346 e. The molecular formula is C14H18N2. The lowest BCUT2D eigenvalue weighted by atomic mass is 9.93. The third-order valence-electron chi connectivity index (χ3n) is 2.81. The van der Waals surface area contributed by atoms with Gasteiger partial charge in [0, 0.05) is 11.3 Å². The van der Waals surface area contributed by atoms with Gasteiger partial charge in [0.05, 0.1) is 5.69 Å². The van der Waals surface area contributed by atoms with Gasteiger partial charge in [0.2, 0.25) is 0 Å². The summed E-state index contributed by atoms with van der Waals surface area (Å²) >= 11 is 0. The minimum absolute atomic E-state index is 1.02. The number of benzene rings is 1. The summed E-state index contributed by atoms with van der Waals surface area (Å²) in [7, 11) is 0. The molecule has 1 aromatic carbocycles. The summed E-state index contributed by atoms with van der Waals surface area (Å²) in [6.45, 7) is 6.01. The Balaban J connectivity index is 0.000000457. The second-order valence-electron chi connectivity index (χ2n) is 3.81. The van der Waals surface area contributed by atoms with E-state index in [1.165, 1.54) is 16.8 Å². The van der Waals surface area contributed by atoms with Crippen molar-refractivity contribution in [1.29, 1.82) is 0 Å². The van der Waals surface area contributed by atoms with Gasteiger partial charge in [0.15, 0.2) is 0 Å². The predicted octanol–water partition coefficient (Wildman–Crippen LogP) is 3.51. The Morgan fingerprint density at radius 1 is 1.12 bits per heavy atom. The summed E-state index contributed by atoms with van der Waals surface area (Å²) in [6, 6.07) is 8.54. The lowest BCUT2D eigenvalue weighted by molar-refractivity contribution is 0.905. The molecule has 0 radical (unpaired) electrons. The summed E-state index contributed by atoms with van der Waals surface area (Å²) in [6.07, 6.45) is 2.22. The molecule has 0 amide bonds. The molecule has 0 bridgehead atoms. The van der Waals surface area contributed by atoms with Crippen LogP contribution >= 0.6 is 0 Å². The fourth-order valence-electron chi connectivity index (χ4n) is 2.17. The molecule has 0 fully saturated rings. The number of imidazole rings is 1. The Hall–Kier alpha value is -1.57. The van der Waals surface area contributed by atoms with Gasteiger partial charge in [0.25, 0.3) is 0 Å². The molecule has 2 aromatic rings. The monoisotopic (exact) mass is 214 g/mol. The molecule has 0 spiro atoms. The van der Waals surface area contributed by atoms with Gasteiger partial charge in [-0.25, -0.2) is 4.98 Å². The molecule has 16 heavy (non-hydrogen) atoms. The number of fused-ring (bicyclic) bond motifs is 3. The van der Waals surface area contributed by atoms with Crippen LogP contribution in [-0.2, 0) is 12.8 Å². The summed E-state index contributed by atoms with van der Waals surface area (Å²) in [5.41, 5.74) is 5.18. The van der Waals surface area contributed by atoms with Crippen molar-refractivity contribution in [2.75, 3.05) is 0 Å². The van der Waals surface area contributed by atoms with Gasteiger partial charge in [-0.15, -0.1) is 0 Å². The van der Waals surface area contributed by atoms with E-state index in [-0.39, 0.29) is 0 Å². The van der Waals surface area contributed by atoms with E-state index >= 15 is 0 Å². The third kappa shape index (κ3) is 1.75. The number of nitrogens with zero attached hydrogens (tertiary/aromatic N) is 1. The van der Waals surface area contributed by atoms with Crippen LogP contribution in [0.25, 0.3) is 11.3 Å². The van der Waals surface area contributed by atoms with Crippen molar-refractivity contribution in [3.05, 3.63) is 41.3 Å². The Morgan fingerprint density at radius 3 is 2.69 bits per heavy atom. The zero-order chi connectivity index (χ0) is 11.5. The molecule has 0 saturated carbocycles. The second kappa shape index (κ2) is 4.52. The van der Waals surface area contributed by atoms with E-state index in [1.54, 1.807) is 0 Å². The number of H-pyrrole nitrogens is 1. The van der Waals surface area contributed by atoms with E-state index in [0.29, 0.717) is 0 Å². The standard InChI is InChI=1S/C12H12N2.C2H6/c1-8-13-11-7-6-9-4-2-3-5-10(9)12(11)14-8;1-2/h2-5H,6-7H2,1H3,(H,13,14);1-2H3. The average molecular weight is 214 g/mol. The van der Waals surface area contributed by atoms with Crippen molar-refractivity contribution in [3.8, 4) is 11.3 Å². The van der Waals surface area contributed by atoms with Crippen LogP contribution in [-0.4, -0.2) is 9.97 Å². The highest BCUT2D eigenvalue weighted by Crippen LogP contribution is 2.31. The first-order valence-electron chi connectivity index (χ1n) is 5.98. The van der Waals surface area contributed by atoms with Crippen LogP contribution < -0.4 is 0 Å². The molecule has 1 aliphatic rings. The molecule has 2 heteroatoms. The number of aryl methyl sites for hydroxylation is 3. The number of rotatable bonds is 0. The van der Waals surface area contributed by atoms with Crippen molar-refractivity contribution in [2.45, 2.75) is 33.6 Å². The van der Waals surface area contributed by atoms with Crippen LogP contribution in [0.15, 0.2) is 24.3 Å². The van der Waals surface area contributed by atoms with Crippen molar-refractivity contribution in [3.63, 3.8) is 0 Å². The van der Waals surface area contributed by atoms with Crippen molar-refractivity contribution in [2.24, 2.45) is 0 Å². The fraction of sp³-hybridized carbons (Fsp3) is 0.357. The van der Waals surface area contributed by atoms with Crippen LogP contribution in [0.3, 0.4) is 0 Å².